The fourth-order valence-electron chi connectivity index (χ4n) is 2.63. The highest BCUT2D eigenvalue weighted by Gasteiger charge is 2.11. The van der Waals surface area contributed by atoms with Crippen LogP contribution in [0.5, 0.6) is 0 Å². The average Bonchev–Trinajstić information content (AvgIpc) is 2.55. The van der Waals surface area contributed by atoms with Gasteiger partial charge in [-0.25, -0.2) is 0 Å². The van der Waals surface area contributed by atoms with Crippen molar-refractivity contribution in [3.8, 4) is 0 Å². The van der Waals surface area contributed by atoms with Crippen LogP contribution in [0, 0.1) is 0 Å². The number of benzene rings is 2. The minimum absolute atomic E-state index is 0.485. The third-order valence-corrected chi connectivity index (χ3v) is 3.93. The van der Waals surface area contributed by atoms with Crippen LogP contribution in [0.1, 0.15) is 29.7 Å². The fourth-order valence-corrected chi connectivity index (χ4v) is 2.63. The highest BCUT2D eigenvalue weighted by molar-refractivity contribution is 5.81. The minimum atomic E-state index is -0.485. The van der Waals surface area contributed by atoms with Gasteiger partial charge in [-0.05, 0) is 35.2 Å². The molecule has 0 radical (unpaired) electrons. The number of aromatic nitrogens is 1. The quantitative estimate of drug-likeness (QED) is 0.779. The van der Waals surface area contributed by atoms with E-state index in [1.165, 1.54) is 5.56 Å². The van der Waals surface area contributed by atoms with Gasteiger partial charge in [0.2, 0.25) is 0 Å². The zero-order valence-corrected chi connectivity index (χ0v) is 12.2. The number of hydrogen-bond acceptors (Lipinski definition) is 2. The Morgan fingerprint density at radius 3 is 2.52 bits per heavy atom. The van der Waals surface area contributed by atoms with Crippen LogP contribution in [0.15, 0.2) is 60.8 Å². The summed E-state index contributed by atoms with van der Waals surface area (Å²) in [4.78, 5) is 4.36. The van der Waals surface area contributed by atoms with E-state index in [4.69, 9.17) is 0 Å². The van der Waals surface area contributed by atoms with Crippen molar-refractivity contribution in [1.29, 1.82) is 0 Å². The smallest absolute Gasteiger partial charge is 0.0830 e. The lowest BCUT2D eigenvalue weighted by Gasteiger charge is -2.13. The van der Waals surface area contributed by atoms with Crippen LogP contribution < -0.4 is 0 Å². The number of rotatable bonds is 4. The number of fused-ring (bicyclic) bond motifs is 1. The van der Waals surface area contributed by atoms with Crippen LogP contribution in [0.4, 0.5) is 0 Å². The molecule has 0 bridgehead atoms. The van der Waals surface area contributed by atoms with Gasteiger partial charge in [0.05, 0.1) is 11.6 Å². The number of pyridine rings is 1. The van der Waals surface area contributed by atoms with Gasteiger partial charge in [0.1, 0.15) is 0 Å². The zero-order valence-electron chi connectivity index (χ0n) is 12.2. The molecule has 1 unspecified atom stereocenters. The monoisotopic (exact) mass is 277 g/mol. The molecule has 2 nitrogen and oxygen atoms in total. The summed E-state index contributed by atoms with van der Waals surface area (Å²) in [6, 6.07) is 18.3. The number of aliphatic hydroxyl groups excluding tert-OH is 1. The Hall–Kier alpha value is -2.19. The molecule has 106 valence electrons. The molecule has 1 atom stereocenters. The Balaban J connectivity index is 1.87. The predicted molar refractivity (Wildman–Crippen MR) is 86.2 cm³/mol. The van der Waals surface area contributed by atoms with E-state index < -0.39 is 6.10 Å². The first kappa shape index (κ1) is 13.8. The highest BCUT2D eigenvalue weighted by Crippen LogP contribution is 2.23. The molecule has 1 heterocycles. The van der Waals surface area contributed by atoms with E-state index in [1.807, 2.05) is 42.6 Å². The van der Waals surface area contributed by atoms with Crippen molar-refractivity contribution in [2.24, 2.45) is 0 Å². The number of para-hydroxylation sites is 1. The van der Waals surface area contributed by atoms with Gasteiger partial charge in [0.25, 0.3) is 0 Å². The maximum absolute atomic E-state index is 10.5. The van der Waals surface area contributed by atoms with E-state index in [-0.39, 0.29) is 0 Å². The first-order valence-corrected chi connectivity index (χ1v) is 7.37. The molecule has 1 N–H and O–H groups in total. The second-order valence-electron chi connectivity index (χ2n) is 5.30. The molecule has 0 saturated heterocycles. The van der Waals surface area contributed by atoms with Crippen molar-refractivity contribution in [1.82, 2.24) is 4.98 Å². The van der Waals surface area contributed by atoms with Gasteiger partial charge in [-0.3, -0.25) is 4.98 Å². The number of aryl methyl sites for hydroxylation is 1. The fraction of sp³-hybridized carbons (Fsp3) is 0.211. The van der Waals surface area contributed by atoms with Gasteiger partial charge in [-0.2, -0.15) is 0 Å². The summed E-state index contributed by atoms with van der Waals surface area (Å²) in [5, 5.41) is 11.6. The van der Waals surface area contributed by atoms with Crippen LogP contribution in [-0.2, 0) is 12.8 Å². The Morgan fingerprint density at radius 1 is 1.00 bits per heavy atom. The molecule has 0 fully saturated rings. The van der Waals surface area contributed by atoms with Crippen LogP contribution >= 0.6 is 0 Å². The van der Waals surface area contributed by atoms with Crippen LogP contribution in [0.3, 0.4) is 0 Å². The Labute approximate surface area is 125 Å². The normalized spacial score (nSPS) is 12.5. The molecule has 1 aromatic heterocycles. The first-order chi connectivity index (χ1) is 10.3. The summed E-state index contributed by atoms with van der Waals surface area (Å²) in [6.07, 6.45) is 2.95. The van der Waals surface area contributed by atoms with Gasteiger partial charge < -0.3 is 5.11 Å². The summed E-state index contributed by atoms with van der Waals surface area (Å²) < 4.78 is 0. The Morgan fingerprint density at radius 2 is 1.76 bits per heavy atom. The average molecular weight is 277 g/mol. The molecule has 0 aliphatic rings. The first-order valence-electron chi connectivity index (χ1n) is 7.37. The van der Waals surface area contributed by atoms with E-state index in [0.29, 0.717) is 6.42 Å². The zero-order chi connectivity index (χ0) is 14.7. The van der Waals surface area contributed by atoms with E-state index in [9.17, 15) is 5.11 Å². The van der Waals surface area contributed by atoms with Gasteiger partial charge >= 0.3 is 0 Å². The van der Waals surface area contributed by atoms with Crippen LogP contribution in [-0.4, -0.2) is 10.1 Å². The molecule has 0 spiro atoms. The lowest BCUT2D eigenvalue weighted by molar-refractivity contribution is 0.179. The molecule has 21 heavy (non-hydrogen) atoms. The minimum Gasteiger partial charge on any atom is -0.388 e. The molecule has 3 rings (SSSR count). The molecular formula is C19H19NO. The number of aliphatic hydroxyl groups is 1. The van der Waals surface area contributed by atoms with Crippen molar-refractivity contribution in [3.05, 3.63) is 77.5 Å². The van der Waals surface area contributed by atoms with E-state index in [0.717, 1.165) is 28.5 Å². The summed E-state index contributed by atoms with van der Waals surface area (Å²) in [6.45, 7) is 2.13. The lowest BCUT2D eigenvalue weighted by Crippen LogP contribution is -2.02. The van der Waals surface area contributed by atoms with Crippen molar-refractivity contribution in [2.45, 2.75) is 25.9 Å². The van der Waals surface area contributed by atoms with Crippen LogP contribution in [0.25, 0.3) is 10.9 Å². The lowest BCUT2D eigenvalue weighted by atomic mass is 9.98. The van der Waals surface area contributed by atoms with Gasteiger partial charge in [-0.15, -0.1) is 0 Å². The molecule has 0 saturated carbocycles. The summed E-state index contributed by atoms with van der Waals surface area (Å²) in [5.41, 5.74) is 4.37. The van der Waals surface area contributed by atoms with E-state index >= 15 is 0 Å². The van der Waals surface area contributed by atoms with E-state index in [1.54, 1.807) is 0 Å². The van der Waals surface area contributed by atoms with Gasteiger partial charge in [0, 0.05) is 18.0 Å². The molecule has 2 heteroatoms. The third-order valence-electron chi connectivity index (χ3n) is 3.93. The van der Waals surface area contributed by atoms with Gasteiger partial charge in [-0.1, -0.05) is 49.4 Å². The molecular weight excluding hydrogens is 258 g/mol. The topological polar surface area (TPSA) is 33.1 Å². The highest BCUT2D eigenvalue weighted by atomic mass is 16.3. The van der Waals surface area contributed by atoms with Crippen molar-refractivity contribution in [3.63, 3.8) is 0 Å². The summed E-state index contributed by atoms with van der Waals surface area (Å²) >= 11 is 0. The number of hydrogen-bond donors (Lipinski definition) is 1. The second kappa shape index (κ2) is 6.06. The standard InChI is InChI=1S/C19H19NO/c1-2-14-7-9-15(10-8-14)19(21)13-16-11-12-20-18-6-4-3-5-17(16)18/h3-12,19,21H,2,13H2,1H3. The molecule has 2 aromatic carbocycles. The van der Waals surface area contributed by atoms with Crippen molar-refractivity contribution >= 4 is 10.9 Å². The Bertz CT molecular complexity index is 729. The molecule has 0 aliphatic heterocycles. The summed E-state index contributed by atoms with van der Waals surface area (Å²) in [5.74, 6) is 0. The van der Waals surface area contributed by atoms with Crippen molar-refractivity contribution < 1.29 is 5.11 Å². The number of nitrogens with zero attached hydrogens (tertiary/aromatic N) is 1. The molecule has 3 aromatic rings. The SMILES string of the molecule is CCc1ccc(C(O)Cc2ccnc3ccccc23)cc1. The molecule has 0 amide bonds. The van der Waals surface area contributed by atoms with Crippen LogP contribution in [0.2, 0.25) is 0 Å². The maximum atomic E-state index is 10.5. The maximum Gasteiger partial charge on any atom is 0.0830 e. The Kier molecular flexibility index (Phi) is 3.98. The van der Waals surface area contributed by atoms with Gasteiger partial charge in [0.15, 0.2) is 0 Å². The third kappa shape index (κ3) is 2.96. The molecule has 0 aliphatic carbocycles. The predicted octanol–water partition coefficient (Wildman–Crippen LogP) is 4.07. The second-order valence-corrected chi connectivity index (χ2v) is 5.30. The van der Waals surface area contributed by atoms with Crippen molar-refractivity contribution in [2.75, 3.05) is 0 Å². The van der Waals surface area contributed by atoms with E-state index in [2.05, 4.69) is 30.1 Å². The summed E-state index contributed by atoms with van der Waals surface area (Å²) in [7, 11) is 0. The largest absolute Gasteiger partial charge is 0.388 e.